The third-order valence-electron chi connectivity index (χ3n) is 3.61. The number of hydrogen-bond acceptors (Lipinski definition) is 2. The number of ether oxygens (including phenoxy) is 1. The SMILES string of the molecule is CCC(O)COc1cccc2cc3ccccc3cc12. The molecule has 3 aromatic carbocycles. The molecule has 0 aliphatic heterocycles. The number of fused-ring (bicyclic) bond motifs is 2. The Kier molecular flexibility index (Phi) is 3.57. The van der Waals surface area contributed by atoms with E-state index >= 15 is 0 Å². The van der Waals surface area contributed by atoms with E-state index in [-0.39, 0.29) is 0 Å². The fraction of sp³-hybridized carbons (Fsp3) is 0.222. The Balaban J connectivity index is 2.06. The standard InChI is InChI=1S/C18H18O2/c1-2-16(19)12-20-18-9-5-8-15-10-13-6-3-4-7-14(13)11-17(15)18/h3-11,16,19H,2,12H2,1H3. The Morgan fingerprint density at radius 3 is 2.40 bits per heavy atom. The highest BCUT2D eigenvalue weighted by Gasteiger charge is 2.06. The molecule has 20 heavy (non-hydrogen) atoms. The molecule has 0 spiro atoms. The van der Waals surface area contributed by atoms with Crippen molar-refractivity contribution in [3.05, 3.63) is 54.6 Å². The van der Waals surface area contributed by atoms with Gasteiger partial charge in [-0.05, 0) is 40.8 Å². The Bertz CT molecular complexity index is 734. The molecule has 1 N–H and O–H groups in total. The second-order valence-corrected chi connectivity index (χ2v) is 5.05. The summed E-state index contributed by atoms with van der Waals surface area (Å²) in [5.74, 6) is 0.834. The number of hydrogen-bond donors (Lipinski definition) is 1. The fourth-order valence-electron chi connectivity index (χ4n) is 2.37. The number of aliphatic hydroxyl groups is 1. The van der Waals surface area contributed by atoms with Crippen molar-refractivity contribution in [1.29, 1.82) is 0 Å². The highest BCUT2D eigenvalue weighted by Crippen LogP contribution is 2.30. The molecule has 0 aliphatic carbocycles. The second-order valence-electron chi connectivity index (χ2n) is 5.05. The molecule has 1 atom stereocenters. The second kappa shape index (κ2) is 5.51. The van der Waals surface area contributed by atoms with Crippen molar-refractivity contribution in [3.8, 4) is 5.75 Å². The van der Waals surface area contributed by atoms with Crippen LogP contribution < -0.4 is 4.74 Å². The van der Waals surface area contributed by atoms with Crippen molar-refractivity contribution < 1.29 is 9.84 Å². The zero-order chi connectivity index (χ0) is 13.9. The smallest absolute Gasteiger partial charge is 0.127 e. The topological polar surface area (TPSA) is 29.5 Å². The zero-order valence-corrected chi connectivity index (χ0v) is 11.5. The quantitative estimate of drug-likeness (QED) is 0.719. The van der Waals surface area contributed by atoms with Crippen molar-refractivity contribution in [1.82, 2.24) is 0 Å². The van der Waals surface area contributed by atoms with E-state index in [0.717, 1.165) is 16.5 Å². The first-order valence-corrected chi connectivity index (χ1v) is 7.00. The summed E-state index contributed by atoms with van der Waals surface area (Å²) in [6.45, 7) is 2.28. The van der Waals surface area contributed by atoms with Crippen LogP contribution >= 0.6 is 0 Å². The van der Waals surface area contributed by atoms with Gasteiger partial charge in [0.2, 0.25) is 0 Å². The van der Waals surface area contributed by atoms with E-state index in [4.69, 9.17) is 4.74 Å². The first-order chi connectivity index (χ1) is 9.78. The molecule has 0 saturated heterocycles. The number of rotatable bonds is 4. The van der Waals surface area contributed by atoms with E-state index < -0.39 is 6.10 Å². The maximum atomic E-state index is 9.64. The minimum atomic E-state index is -0.411. The molecule has 1 unspecified atom stereocenters. The Morgan fingerprint density at radius 1 is 0.950 bits per heavy atom. The predicted octanol–water partition coefficient (Wildman–Crippen LogP) is 4.14. The third-order valence-corrected chi connectivity index (χ3v) is 3.61. The van der Waals surface area contributed by atoms with E-state index in [1.165, 1.54) is 10.8 Å². The Hall–Kier alpha value is -2.06. The molecule has 0 radical (unpaired) electrons. The summed E-state index contributed by atoms with van der Waals surface area (Å²) in [6, 6.07) is 18.7. The van der Waals surface area contributed by atoms with E-state index in [9.17, 15) is 5.11 Å². The van der Waals surface area contributed by atoms with Gasteiger partial charge in [-0.3, -0.25) is 0 Å². The molecule has 2 heteroatoms. The summed E-state index contributed by atoms with van der Waals surface area (Å²) >= 11 is 0. The molecule has 0 fully saturated rings. The normalized spacial score (nSPS) is 12.7. The van der Waals surface area contributed by atoms with Gasteiger partial charge >= 0.3 is 0 Å². The molecule has 102 valence electrons. The van der Waals surface area contributed by atoms with Crippen LogP contribution in [0.1, 0.15) is 13.3 Å². The predicted molar refractivity (Wildman–Crippen MR) is 83.2 cm³/mol. The molecule has 0 bridgehead atoms. The van der Waals surface area contributed by atoms with Gasteiger partial charge in [0, 0.05) is 5.39 Å². The molecule has 0 aromatic heterocycles. The van der Waals surface area contributed by atoms with Crippen molar-refractivity contribution in [2.75, 3.05) is 6.61 Å². The maximum absolute atomic E-state index is 9.64. The summed E-state index contributed by atoms with van der Waals surface area (Å²) < 4.78 is 5.77. The summed E-state index contributed by atoms with van der Waals surface area (Å²) in [4.78, 5) is 0. The minimum absolute atomic E-state index is 0.336. The Labute approximate surface area is 118 Å². The van der Waals surface area contributed by atoms with Crippen molar-refractivity contribution in [2.45, 2.75) is 19.4 Å². The molecule has 0 heterocycles. The van der Waals surface area contributed by atoms with Gasteiger partial charge in [-0.15, -0.1) is 0 Å². The average Bonchev–Trinajstić information content (AvgIpc) is 2.50. The van der Waals surface area contributed by atoms with Gasteiger partial charge in [-0.2, -0.15) is 0 Å². The molecule has 3 rings (SSSR count). The van der Waals surface area contributed by atoms with Gasteiger partial charge in [-0.1, -0.05) is 43.3 Å². The van der Waals surface area contributed by atoms with Crippen LogP contribution in [0.15, 0.2) is 54.6 Å². The summed E-state index contributed by atoms with van der Waals surface area (Å²) in [5, 5.41) is 14.3. The number of benzene rings is 3. The highest BCUT2D eigenvalue weighted by molar-refractivity contribution is 6.00. The lowest BCUT2D eigenvalue weighted by Gasteiger charge is -2.13. The molecular formula is C18H18O2. The van der Waals surface area contributed by atoms with E-state index in [1.807, 2.05) is 31.2 Å². The molecule has 0 amide bonds. The molecule has 3 aromatic rings. The minimum Gasteiger partial charge on any atom is -0.490 e. The maximum Gasteiger partial charge on any atom is 0.127 e. The summed E-state index contributed by atoms with van der Waals surface area (Å²) in [6.07, 6.45) is 0.291. The average molecular weight is 266 g/mol. The van der Waals surface area contributed by atoms with Crippen molar-refractivity contribution in [3.63, 3.8) is 0 Å². The summed E-state index contributed by atoms with van der Waals surface area (Å²) in [7, 11) is 0. The fourth-order valence-corrected chi connectivity index (χ4v) is 2.37. The molecule has 0 aliphatic rings. The van der Waals surface area contributed by atoms with Gasteiger partial charge in [0.05, 0.1) is 6.10 Å². The molecular weight excluding hydrogens is 248 g/mol. The van der Waals surface area contributed by atoms with Crippen molar-refractivity contribution >= 4 is 21.5 Å². The largest absolute Gasteiger partial charge is 0.490 e. The van der Waals surface area contributed by atoms with Crippen LogP contribution in [0, 0.1) is 0 Å². The van der Waals surface area contributed by atoms with Gasteiger partial charge in [0.25, 0.3) is 0 Å². The third kappa shape index (κ3) is 2.47. The van der Waals surface area contributed by atoms with Gasteiger partial charge in [-0.25, -0.2) is 0 Å². The van der Waals surface area contributed by atoms with Crippen LogP contribution in [0.4, 0.5) is 0 Å². The monoisotopic (exact) mass is 266 g/mol. The zero-order valence-electron chi connectivity index (χ0n) is 11.5. The van der Waals surface area contributed by atoms with Gasteiger partial charge in [0.15, 0.2) is 0 Å². The van der Waals surface area contributed by atoms with Gasteiger partial charge < -0.3 is 9.84 Å². The van der Waals surface area contributed by atoms with E-state index in [2.05, 4.69) is 30.3 Å². The van der Waals surface area contributed by atoms with Crippen LogP contribution in [0.25, 0.3) is 21.5 Å². The Morgan fingerprint density at radius 2 is 1.65 bits per heavy atom. The lowest BCUT2D eigenvalue weighted by atomic mass is 10.0. The van der Waals surface area contributed by atoms with Crippen LogP contribution in [0.2, 0.25) is 0 Å². The number of aliphatic hydroxyl groups excluding tert-OH is 1. The van der Waals surface area contributed by atoms with Crippen LogP contribution in [0.3, 0.4) is 0 Å². The first-order valence-electron chi connectivity index (χ1n) is 7.00. The van der Waals surface area contributed by atoms with Crippen LogP contribution in [-0.4, -0.2) is 17.8 Å². The van der Waals surface area contributed by atoms with E-state index in [0.29, 0.717) is 13.0 Å². The van der Waals surface area contributed by atoms with Crippen LogP contribution in [0.5, 0.6) is 5.75 Å². The highest BCUT2D eigenvalue weighted by atomic mass is 16.5. The lowest BCUT2D eigenvalue weighted by Crippen LogP contribution is -2.16. The van der Waals surface area contributed by atoms with E-state index in [1.54, 1.807) is 0 Å². The van der Waals surface area contributed by atoms with Gasteiger partial charge in [0.1, 0.15) is 12.4 Å². The van der Waals surface area contributed by atoms with Crippen molar-refractivity contribution in [2.24, 2.45) is 0 Å². The first kappa shape index (κ1) is 12.9. The van der Waals surface area contributed by atoms with Crippen LogP contribution in [-0.2, 0) is 0 Å². The molecule has 2 nitrogen and oxygen atoms in total. The molecule has 0 saturated carbocycles. The summed E-state index contributed by atoms with van der Waals surface area (Å²) in [5.41, 5.74) is 0. The lowest BCUT2D eigenvalue weighted by molar-refractivity contribution is 0.105.